The lowest BCUT2D eigenvalue weighted by molar-refractivity contribution is 0.0561. The third-order valence-corrected chi connectivity index (χ3v) is 12.6. The second-order valence-electron chi connectivity index (χ2n) is 13.0. The van der Waals surface area contributed by atoms with E-state index in [-0.39, 0.29) is 10.6 Å². The van der Waals surface area contributed by atoms with Crippen molar-refractivity contribution in [2.75, 3.05) is 0 Å². The monoisotopic (exact) mass is 510 g/mol. The van der Waals surface area contributed by atoms with Crippen LogP contribution in [0.4, 0.5) is 0 Å². The number of aryl methyl sites for hydroxylation is 1. The molecule has 1 aliphatic rings. The predicted octanol–water partition coefficient (Wildman–Crippen LogP) is 10.6. The van der Waals surface area contributed by atoms with E-state index in [4.69, 9.17) is 9.16 Å². The van der Waals surface area contributed by atoms with Crippen LogP contribution in [0.15, 0.2) is 41.5 Å². The van der Waals surface area contributed by atoms with Crippen molar-refractivity contribution in [3.8, 4) is 11.5 Å². The number of unbranched alkanes of at least 4 members (excludes halogenated alkanes) is 1. The summed E-state index contributed by atoms with van der Waals surface area (Å²) in [4.78, 5) is 0. The number of allylic oxidation sites excluding steroid dienone is 6. The SMILES string of the molecule is CC(C)=CCC/C(C)=C/CC/C=C/CC[C@]1(C)CCc2cc(O[Si](C)(C)C(C)(C)C)c(C)c(C)c2O1. The molecule has 2 rings (SSSR count). The minimum atomic E-state index is -1.88. The highest BCUT2D eigenvalue weighted by Gasteiger charge is 2.40. The Morgan fingerprint density at radius 2 is 1.67 bits per heavy atom. The van der Waals surface area contributed by atoms with Crippen molar-refractivity contribution in [2.24, 2.45) is 0 Å². The molecule has 1 heterocycles. The summed E-state index contributed by atoms with van der Waals surface area (Å²) in [5.41, 5.74) is 6.60. The van der Waals surface area contributed by atoms with E-state index in [1.807, 2.05) is 0 Å². The second-order valence-corrected chi connectivity index (χ2v) is 17.7. The van der Waals surface area contributed by atoms with Crippen LogP contribution in [0.1, 0.15) is 110 Å². The molecule has 0 aromatic heterocycles. The molecule has 0 saturated carbocycles. The quantitative estimate of drug-likeness (QED) is 0.167. The molecule has 0 amide bonds. The minimum absolute atomic E-state index is 0.0994. The summed E-state index contributed by atoms with van der Waals surface area (Å²) in [5.74, 6) is 2.16. The minimum Gasteiger partial charge on any atom is -0.543 e. The van der Waals surface area contributed by atoms with Crippen molar-refractivity contribution >= 4 is 8.32 Å². The molecule has 0 bridgehead atoms. The van der Waals surface area contributed by atoms with E-state index in [1.165, 1.54) is 34.3 Å². The molecule has 0 spiro atoms. The third-order valence-electron chi connectivity index (χ3n) is 8.24. The van der Waals surface area contributed by atoms with Crippen molar-refractivity contribution in [3.63, 3.8) is 0 Å². The number of hydrogen-bond donors (Lipinski definition) is 0. The maximum absolute atomic E-state index is 6.72. The van der Waals surface area contributed by atoms with Crippen LogP contribution in [-0.2, 0) is 6.42 Å². The van der Waals surface area contributed by atoms with Gasteiger partial charge in [0, 0.05) is 0 Å². The van der Waals surface area contributed by atoms with E-state index in [0.29, 0.717) is 0 Å². The molecular formula is C33H54O2Si. The van der Waals surface area contributed by atoms with Crippen LogP contribution >= 0.6 is 0 Å². The summed E-state index contributed by atoms with van der Waals surface area (Å²) >= 11 is 0. The van der Waals surface area contributed by atoms with Crippen LogP contribution in [0, 0.1) is 13.8 Å². The average molecular weight is 511 g/mol. The number of hydrogen-bond acceptors (Lipinski definition) is 2. The summed E-state index contributed by atoms with van der Waals surface area (Å²) in [5, 5.41) is 0.187. The fraction of sp³-hybridized carbons (Fsp3) is 0.636. The molecule has 1 atom stereocenters. The topological polar surface area (TPSA) is 18.5 Å². The van der Waals surface area contributed by atoms with Gasteiger partial charge in [0.05, 0.1) is 0 Å². The molecular weight excluding hydrogens is 456 g/mol. The Hall–Kier alpha value is -1.74. The average Bonchev–Trinajstić information content (AvgIpc) is 2.76. The van der Waals surface area contributed by atoms with Gasteiger partial charge in [-0.05, 0) is 134 Å². The van der Waals surface area contributed by atoms with E-state index in [1.54, 1.807) is 0 Å². The Morgan fingerprint density at radius 3 is 2.31 bits per heavy atom. The first kappa shape index (κ1) is 30.5. The summed E-state index contributed by atoms with van der Waals surface area (Å²) < 4.78 is 13.4. The van der Waals surface area contributed by atoms with Gasteiger partial charge in [-0.15, -0.1) is 0 Å². The summed E-state index contributed by atoms with van der Waals surface area (Å²) in [6.07, 6.45) is 18.3. The molecule has 1 aromatic rings. The largest absolute Gasteiger partial charge is 0.543 e. The number of ether oxygens (including phenoxy) is 1. The van der Waals surface area contributed by atoms with Gasteiger partial charge in [0.25, 0.3) is 0 Å². The van der Waals surface area contributed by atoms with Gasteiger partial charge in [0.15, 0.2) is 0 Å². The summed E-state index contributed by atoms with van der Waals surface area (Å²) in [6.45, 7) is 24.8. The van der Waals surface area contributed by atoms with Crippen molar-refractivity contribution in [1.29, 1.82) is 0 Å². The molecule has 0 unspecified atom stereocenters. The van der Waals surface area contributed by atoms with Gasteiger partial charge < -0.3 is 9.16 Å². The summed E-state index contributed by atoms with van der Waals surface area (Å²) in [7, 11) is -1.88. The van der Waals surface area contributed by atoms with Crippen molar-refractivity contribution in [2.45, 2.75) is 137 Å². The molecule has 0 radical (unpaired) electrons. The Bertz CT molecular complexity index is 970. The zero-order valence-electron chi connectivity index (χ0n) is 25.4. The standard InChI is InChI=1S/C33H54O2Si/c1-25(2)18-17-20-26(3)19-15-13-12-14-16-22-33(9)23-21-29-24-30(27(4)28(5)31(29)34-33)35-36(10,11)32(6,7)8/h12,14,18-19,24H,13,15-17,20-23H2,1-11H3/b14-12+,26-19+/t33-/m1/s1. The zero-order valence-corrected chi connectivity index (χ0v) is 26.4. The van der Waals surface area contributed by atoms with Crippen LogP contribution in [-0.4, -0.2) is 13.9 Å². The Labute approximate surface area is 224 Å². The number of benzene rings is 1. The van der Waals surface area contributed by atoms with Gasteiger partial charge in [-0.3, -0.25) is 0 Å². The molecule has 0 aliphatic carbocycles. The normalized spacial score (nSPS) is 18.7. The Balaban J connectivity index is 1.92. The third kappa shape index (κ3) is 8.68. The lowest BCUT2D eigenvalue weighted by Gasteiger charge is -2.39. The lowest BCUT2D eigenvalue weighted by atomic mass is 9.87. The molecule has 36 heavy (non-hydrogen) atoms. The summed E-state index contributed by atoms with van der Waals surface area (Å²) in [6, 6.07) is 2.27. The van der Waals surface area contributed by atoms with E-state index >= 15 is 0 Å². The van der Waals surface area contributed by atoms with E-state index in [2.05, 4.69) is 106 Å². The first-order valence-corrected chi connectivity index (χ1v) is 17.0. The van der Waals surface area contributed by atoms with Gasteiger partial charge in [0.2, 0.25) is 8.32 Å². The fourth-order valence-electron chi connectivity index (χ4n) is 4.40. The highest BCUT2D eigenvalue weighted by atomic mass is 28.4. The number of fused-ring (bicyclic) bond motifs is 1. The van der Waals surface area contributed by atoms with Gasteiger partial charge in [-0.2, -0.15) is 0 Å². The first-order chi connectivity index (χ1) is 16.7. The van der Waals surface area contributed by atoms with Crippen LogP contribution in [0.3, 0.4) is 0 Å². The molecule has 0 N–H and O–H groups in total. The van der Waals surface area contributed by atoms with Crippen molar-refractivity contribution in [1.82, 2.24) is 0 Å². The van der Waals surface area contributed by atoms with Crippen LogP contribution in [0.5, 0.6) is 11.5 Å². The van der Waals surface area contributed by atoms with E-state index in [0.717, 1.165) is 56.4 Å². The van der Waals surface area contributed by atoms with E-state index < -0.39 is 8.32 Å². The molecule has 0 fully saturated rings. The highest BCUT2D eigenvalue weighted by Crippen LogP contribution is 2.44. The molecule has 2 nitrogen and oxygen atoms in total. The highest BCUT2D eigenvalue weighted by molar-refractivity contribution is 6.74. The Morgan fingerprint density at radius 1 is 1.00 bits per heavy atom. The van der Waals surface area contributed by atoms with Gasteiger partial charge >= 0.3 is 0 Å². The molecule has 0 saturated heterocycles. The number of rotatable bonds is 11. The Kier molecular flexibility index (Phi) is 10.7. The van der Waals surface area contributed by atoms with Crippen molar-refractivity contribution < 1.29 is 9.16 Å². The van der Waals surface area contributed by atoms with Crippen LogP contribution in [0.2, 0.25) is 18.1 Å². The second kappa shape index (κ2) is 12.7. The van der Waals surface area contributed by atoms with Gasteiger partial charge in [0.1, 0.15) is 17.1 Å². The molecule has 1 aliphatic heterocycles. The zero-order chi connectivity index (χ0) is 27.1. The van der Waals surface area contributed by atoms with Crippen LogP contribution in [0.25, 0.3) is 0 Å². The smallest absolute Gasteiger partial charge is 0.250 e. The predicted molar refractivity (Wildman–Crippen MR) is 161 cm³/mol. The van der Waals surface area contributed by atoms with E-state index in [9.17, 15) is 0 Å². The molecule has 1 aromatic carbocycles. The fourth-order valence-corrected chi connectivity index (χ4v) is 5.47. The van der Waals surface area contributed by atoms with Gasteiger partial charge in [-0.1, -0.05) is 56.2 Å². The van der Waals surface area contributed by atoms with Gasteiger partial charge in [-0.25, -0.2) is 0 Å². The maximum atomic E-state index is 6.72. The molecule has 202 valence electrons. The van der Waals surface area contributed by atoms with Crippen LogP contribution < -0.4 is 9.16 Å². The maximum Gasteiger partial charge on any atom is 0.250 e. The van der Waals surface area contributed by atoms with Crippen molar-refractivity contribution in [3.05, 3.63) is 58.2 Å². The lowest BCUT2D eigenvalue weighted by Crippen LogP contribution is -2.44. The molecule has 3 heteroatoms. The first-order valence-electron chi connectivity index (χ1n) is 14.1.